The number of hydrogen-bond donors (Lipinski definition) is 1. The predicted molar refractivity (Wildman–Crippen MR) is 127 cm³/mol. The molecular weight excluding hydrogens is 519 g/mol. The van der Waals surface area contributed by atoms with Crippen molar-refractivity contribution in [3.05, 3.63) is 53.3 Å². The van der Waals surface area contributed by atoms with Gasteiger partial charge < -0.3 is 19.7 Å². The normalized spacial score (nSPS) is 16.1. The van der Waals surface area contributed by atoms with E-state index in [9.17, 15) is 31.5 Å². The second-order valence-electron chi connectivity index (χ2n) is 8.99. The average Bonchev–Trinajstić information content (AvgIpc) is 2.90. The molecule has 6 nitrogen and oxygen atoms in total. The van der Waals surface area contributed by atoms with Gasteiger partial charge in [0.05, 0.1) is 17.8 Å². The van der Waals surface area contributed by atoms with E-state index in [2.05, 4.69) is 16.0 Å². The number of nitrogens with zero attached hydrogens (tertiary/aromatic N) is 1. The molecule has 0 bridgehead atoms. The van der Waals surface area contributed by atoms with Crippen LogP contribution >= 0.6 is 11.8 Å². The molecule has 1 aliphatic heterocycles. The number of alkyl carbamates (subject to hydrolysis) is 1. The molecule has 1 N–H and O–H groups in total. The number of hydrogen-bond acceptors (Lipinski definition) is 5. The summed E-state index contributed by atoms with van der Waals surface area (Å²) in [4.78, 5) is 27.5. The zero-order chi connectivity index (χ0) is 27.5. The van der Waals surface area contributed by atoms with Gasteiger partial charge in [-0.2, -0.15) is 17.6 Å². The number of nitrogens with one attached hydrogen (secondary N) is 1. The highest BCUT2D eigenvalue weighted by atomic mass is 32.2. The SMILES string of the molecule is C#Cc1cc2c(cc1F)SC[C@H](NC(=O)OC(C)(C)C)C(=O)N2Cc1ccc(OC(F)(F)C(F)F)cc1. The van der Waals surface area contributed by atoms with Crippen molar-refractivity contribution >= 4 is 29.4 Å². The van der Waals surface area contributed by atoms with E-state index in [1.165, 1.54) is 29.2 Å². The topological polar surface area (TPSA) is 67.9 Å². The number of carbonyl (C=O) groups excluding carboxylic acids is 2. The molecule has 1 atom stereocenters. The number of fused-ring (bicyclic) bond motifs is 1. The van der Waals surface area contributed by atoms with Gasteiger partial charge >= 0.3 is 18.6 Å². The van der Waals surface area contributed by atoms with Gasteiger partial charge in [0, 0.05) is 10.6 Å². The molecule has 0 saturated heterocycles. The average molecular weight is 543 g/mol. The van der Waals surface area contributed by atoms with Crippen LogP contribution in [0.1, 0.15) is 31.9 Å². The van der Waals surface area contributed by atoms with Crippen LogP contribution in [-0.4, -0.2) is 41.9 Å². The van der Waals surface area contributed by atoms with Gasteiger partial charge in [-0.3, -0.25) is 4.79 Å². The number of anilines is 1. The van der Waals surface area contributed by atoms with E-state index < -0.39 is 47.7 Å². The summed E-state index contributed by atoms with van der Waals surface area (Å²) in [5, 5.41) is 2.52. The minimum absolute atomic E-state index is 0.0614. The van der Waals surface area contributed by atoms with Crippen LogP contribution in [0.4, 0.5) is 32.4 Å². The number of benzene rings is 2. The molecule has 0 fully saturated rings. The van der Waals surface area contributed by atoms with E-state index in [1.54, 1.807) is 20.8 Å². The third-order valence-electron chi connectivity index (χ3n) is 4.93. The summed E-state index contributed by atoms with van der Waals surface area (Å²) >= 11 is 1.12. The molecule has 0 spiro atoms. The first-order valence-electron chi connectivity index (χ1n) is 10.9. The maximum atomic E-state index is 14.4. The number of thioether (sulfide) groups is 1. The first-order valence-corrected chi connectivity index (χ1v) is 11.9. The molecule has 2 aromatic carbocycles. The monoisotopic (exact) mass is 542 g/mol. The number of ether oxygens (including phenoxy) is 2. The lowest BCUT2D eigenvalue weighted by Crippen LogP contribution is -2.50. The van der Waals surface area contributed by atoms with Crippen molar-refractivity contribution in [1.82, 2.24) is 5.32 Å². The Hall–Kier alpha value is -3.46. The number of terminal acetylenes is 1. The molecule has 0 aromatic heterocycles. The van der Waals surface area contributed by atoms with Crippen LogP contribution < -0.4 is 15.0 Å². The van der Waals surface area contributed by atoms with E-state index in [0.29, 0.717) is 10.5 Å². The van der Waals surface area contributed by atoms with Gasteiger partial charge in [-0.1, -0.05) is 18.1 Å². The fourth-order valence-corrected chi connectivity index (χ4v) is 4.37. The minimum Gasteiger partial charge on any atom is -0.444 e. The Bertz CT molecular complexity index is 1210. The van der Waals surface area contributed by atoms with Gasteiger partial charge in [-0.05, 0) is 50.6 Å². The van der Waals surface area contributed by atoms with E-state index >= 15 is 0 Å². The Morgan fingerprint density at radius 3 is 2.46 bits per heavy atom. The first kappa shape index (κ1) is 28.1. The van der Waals surface area contributed by atoms with Crippen LogP contribution in [0.25, 0.3) is 0 Å². The molecule has 37 heavy (non-hydrogen) atoms. The second-order valence-corrected chi connectivity index (χ2v) is 10.0. The van der Waals surface area contributed by atoms with E-state index in [-0.39, 0.29) is 23.5 Å². The molecule has 3 rings (SSSR count). The fourth-order valence-electron chi connectivity index (χ4n) is 3.30. The zero-order valence-electron chi connectivity index (χ0n) is 20.0. The highest BCUT2D eigenvalue weighted by molar-refractivity contribution is 7.99. The van der Waals surface area contributed by atoms with Crippen LogP contribution in [0, 0.1) is 18.2 Å². The third kappa shape index (κ3) is 7.07. The van der Waals surface area contributed by atoms with Crippen LogP contribution in [-0.2, 0) is 16.1 Å². The van der Waals surface area contributed by atoms with E-state index in [0.717, 1.165) is 23.9 Å². The number of amides is 2. The maximum absolute atomic E-state index is 14.4. The highest BCUT2D eigenvalue weighted by Crippen LogP contribution is 2.37. The smallest absolute Gasteiger partial charge is 0.444 e. The van der Waals surface area contributed by atoms with Crippen molar-refractivity contribution in [2.45, 2.75) is 56.4 Å². The summed E-state index contributed by atoms with van der Waals surface area (Å²) in [6.45, 7) is 4.84. The van der Waals surface area contributed by atoms with Crippen molar-refractivity contribution in [3.63, 3.8) is 0 Å². The van der Waals surface area contributed by atoms with Crippen molar-refractivity contribution < 1.29 is 41.0 Å². The van der Waals surface area contributed by atoms with Crippen molar-refractivity contribution in [1.29, 1.82) is 0 Å². The molecule has 1 heterocycles. The van der Waals surface area contributed by atoms with E-state index in [4.69, 9.17) is 11.2 Å². The van der Waals surface area contributed by atoms with Crippen LogP contribution in [0.5, 0.6) is 5.75 Å². The van der Waals surface area contributed by atoms with Crippen molar-refractivity contribution in [2.75, 3.05) is 10.7 Å². The van der Waals surface area contributed by atoms with Crippen LogP contribution in [0.3, 0.4) is 0 Å². The zero-order valence-corrected chi connectivity index (χ0v) is 20.8. The van der Waals surface area contributed by atoms with Gasteiger partial charge in [0.2, 0.25) is 0 Å². The number of alkyl halides is 4. The molecule has 198 valence electrons. The lowest BCUT2D eigenvalue weighted by Gasteiger charge is -2.27. The summed E-state index contributed by atoms with van der Waals surface area (Å²) in [6, 6.07) is 6.18. The highest BCUT2D eigenvalue weighted by Gasteiger charge is 2.44. The molecular formula is C25H23F5N2O4S. The molecule has 1 aliphatic rings. The second kappa shape index (κ2) is 10.9. The quantitative estimate of drug-likeness (QED) is 0.382. The Kier molecular flexibility index (Phi) is 8.27. The van der Waals surface area contributed by atoms with Crippen molar-refractivity contribution in [3.8, 4) is 18.1 Å². The molecule has 0 radical (unpaired) electrons. The molecule has 0 aliphatic carbocycles. The summed E-state index contributed by atoms with van der Waals surface area (Å²) < 4.78 is 74.9. The third-order valence-corrected chi connectivity index (χ3v) is 6.07. The summed E-state index contributed by atoms with van der Waals surface area (Å²) in [7, 11) is 0. The van der Waals surface area contributed by atoms with Gasteiger partial charge in [0.25, 0.3) is 5.91 Å². The number of halogens is 5. The van der Waals surface area contributed by atoms with Crippen molar-refractivity contribution in [2.24, 2.45) is 0 Å². The first-order chi connectivity index (χ1) is 17.2. The van der Waals surface area contributed by atoms with Crippen LogP contribution in [0.2, 0.25) is 0 Å². The lowest BCUT2D eigenvalue weighted by molar-refractivity contribution is -0.253. The molecule has 0 saturated carbocycles. The molecule has 12 heteroatoms. The Labute approximate surface area is 214 Å². The molecule has 2 amide bonds. The standard InChI is InChI=1S/C25H23F5N2O4S/c1-5-15-10-19-20(11-17(15)26)37-13-18(31-23(34)36-24(2,3)4)21(33)32(19)12-14-6-8-16(9-7-14)35-25(29,30)22(27)28/h1,6-11,18,22H,12-13H2,2-4H3,(H,31,34)/t18-/m0/s1. The predicted octanol–water partition coefficient (Wildman–Crippen LogP) is 5.58. The molecule has 2 aromatic rings. The maximum Gasteiger partial charge on any atom is 0.461 e. The largest absolute Gasteiger partial charge is 0.461 e. The van der Waals surface area contributed by atoms with Gasteiger partial charge in [-0.25, -0.2) is 9.18 Å². The Morgan fingerprint density at radius 1 is 1.24 bits per heavy atom. The van der Waals surface area contributed by atoms with Gasteiger partial charge in [0.15, 0.2) is 0 Å². The summed E-state index contributed by atoms with van der Waals surface area (Å²) in [5.41, 5.74) is -0.221. The lowest BCUT2D eigenvalue weighted by atomic mass is 10.1. The van der Waals surface area contributed by atoms with Gasteiger partial charge in [-0.15, -0.1) is 18.2 Å². The van der Waals surface area contributed by atoms with E-state index in [1.807, 2.05) is 0 Å². The summed E-state index contributed by atoms with van der Waals surface area (Å²) in [5.74, 6) is 0.542. The minimum atomic E-state index is -4.67. The summed E-state index contributed by atoms with van der Waals surface area (Å²) in [6.07, 6.45) is -4.12. The van der Waals surface area contributed by atoms with Crippen LogP contribution in [0.15, 0.2) is 41.3 Å². The fraction of sp³-hybridized carbons (Fsp3) is 0.360. The van der Waals surface area contributed by atoms with Gasteiger partial charge in [0.1, 0.15) is 23.2 Å². The molecule has 0 unspecified atom stereocenters. The number of rotatable bonds is 6. The Balaban J connectivity index is 1.92. The number of carbonyl (C=O) groups is 2. The Morgan fingerprint density at radius 2 is 1.89 bits per heavy atom.